The van der Waals surface area contributed by atoms with Gasteiger partial charge < -0.3 is 15.7 Å². The lowest BCUT2D eigenvalue weighted by atomic mass is 9.70. The number of halogens is 3. The first-order valence-electron chi connectivity index (χ1n) is 5.60. The van der Waals surface area contributed by atoms with Crippen LogP contribution >= 0.6 is 0 Å². The number of rotatable bonds is 1. The van der Waals surface area contributed by atoms with E-state index in [0.29, 0.717) is 5.92 Å². The van der Waals surface area contributed by atoms with Crippen LogP contribution in [0.5, 0.6) is 0 Å². The molecule has 0 aromatic heterocycles. The van der Waals surface area contributed by atoms with Gasteiger partial charge in [-0.15, -0.1) is 0 Å². The fourth-order valence-electron chi connectivity index (χ4n) is 2.18. The number of nitrogens with two attached hydrogens (primary N) is 1. The average Bonchev–Trinajstić information content (AvgIpc) is 2.52. The van der Waals surface area contributed by atoms with Crippen molar-refractivity contribution in [3.63, 3.8) is 0 Å². The first-order chi connectivity index (χ1) is 8.60. The number of hydrogen-bond acceptors (Lipinski definition) is 3. The Morgan fingerprint density at radius 3 is 2.21 bits per heavy atom. The van der Waals surface area contributed by atoms with Gasteiger partial charge in [0.25, 0.3) is 0 Å². The normalized spacial score (nSPS) is 28.6. The van der Waals surface area contributed by atoms with Crippen LogP contribution in [-0.4, -0.2) is 46.7 Å². The van der Waals surface area contributed by atoms with Crippen LogP contribution in [0.2, 0.25) is 0 Å². The number of fused-ring (bicyclic) bond motifs is 1. The summed E-state index contributed by atoms with van der Waals surface area (Å²) in [5.74, 6) is -2.19. The van der Waals surface area contributed by atoms with Gasteiger partial charge in [0.05, 0.1) is 0 Å². The van der Waals surface area contributed by atoms with Gasteiger partial charge in [-0.05, 0) is 24.8 Å². The molecule has 0 bridgehead atoms. The molecule has 19 heavy (non-hydrogen) atoms. The van der Waals surface area contributed by atoms with E-state index < -0.39 is 12.1 Å². The summed E-state index contributed by atoms with van der Waals surface area (Å²) in [6, 6.07) is 0. The first-order valence-corrected chi connectivity index (χ1v) is 5.60. The van der Waals surface area contributed by atoms with E-state index >= 15 is 0 Å². The number of alkyl halides is 3. The molecule has 2 aliphatic rings. The van der Waals surface area contributed by atoms with E-state index in [1.165, 1.54) is 12.5 Å². The molecular formula is C11H15F3N2O3. The minimum absolute atomic E-state index is 0.0224. The SMILES string of the molecule is C=CC(=O)N1CC2CCC2(N)C1.O=C(O)C(F)(F)F. The van der Waals surface area contributed by atoms with Crippen LogP contribution in [0.25, 0.3) is 0 Å². The number of aliphatic carboxylic acids is 1. The largest absolute Gasteiger partial charge is 0.490 e. The van der Waals surface area contributed by atoms with Crippen molar-refractivity contribution in [1.82, 2.24) is 4.90 Å². The number of carbonyl (C=O) groups excluding carboxylic acids is 1. The molecule has 1 amide bonds. The number of amides is 1. The average molecular weight is 280 g/mol. The Hall–Kier alpha value is -1.57. The zero-order valence-electron chi connectivity index (χ0n) is 10.1. The van der Waals surface area contributed by atoms with Crippen molar-refractivity contribution in [2.24, 2.45) is 11.7 Å². The van der Waals surface area contributed by atoms with Crippen molar-refractivity contribution in [2.75, 3.05) is 13.1 Å². The molecule has 0 aromatic carbocycles. The number of carbonyl (C=O) groups is 2. The smallest absolute Gasteiger partial charge is 0.475 e. The van der Waals surface area contributed by atoms with Gasteiger partial charge in [0.2, 0.25) is 5.91 Å². The van der Waals surface area contributed by atoms with E-state index in [0.717, 1.165) is 19.5 Å². The molecule has 2 fully saturated rings. The summed E-state index contributed by atoms with van der Waals surface area (Å²) in [5, 5.41) is 7.12. The third-order valence-electron chi connectivity index (χ3n) is 3.43. The van der Waals surface area contributed by atoms with Crippen molar-refractivity contribution in [1.29, 1.82) is 0 Å². The van der Waals surface area contributed by atoms with Crippen molar-refractivity contribution in [2.45, 2.75) is 24.6 Å². The molecule has 1 saturated carbocycles. The van der Waals surface area contributed by atoms with Gasteiger partial charge in [0, 0.05) is 18.6 Å². The number of hydrogen-bond donors (Lipinski definition) is 2. The van der Waals surface area contributed by atoms with Crippen molar-refractivity contribution < 1.29 is 27.9 Å². The second-order valence-electron chi connectivity index (χ2n) is 4.69. The lowest BCUT2D eigenvalue weighted by Gasteiger charge is -2.39. The molecule has 108 valence electrons. The molecule has 5 nitrogen and oxygen atoms in total. The van der Waals surface area contributed by atoms with Gasteiger partial charge in [-0.25, -0.2) is 4.79 Å². The molecule has 2 unspecified atom stereocenters. The van der Waals surface area contributed by atoms with Crippen LogP contribution in [0.3, 0.4) is 0 Å². The van der Waals surface area contributed by atoms with Gasteiger partial charge in [-0.3, -0.25) is 4.79 Å². The second kappa shape index (κ2) is 5.20. The summed E-state index contributed by atoms with van der Waals surface area (Å²) in [4.78, 5) is 21.9. The molecule has 2 atom stereocenters. The van der Waals surface area contributed by atoms with Crippen LogP contribution in [-0.2, 0) is 9.59 Å². The number of carboxylic acid groups (broad SMARTS) is 1. The van der Waals surface area contributed by atoms with E-state index in [1.54, 1.807) is 0 Å². The molecule has 0 spiro atoms. The summed E-state index contributed by atoms with van der Waals surface area (Å²) >= 11 is 0. The first kappa shape index (κ1) is 15.5. The minimum atomic E-state index is -5.08. The zero-order chi connectivity index (χ0) is 14.8. The van der Waals surface area contributed by atoms with E-state index in [1.807, 2.05) is 4.90 Å². The Morgan fingerprint density at radius 2 is 2.00 bits per heavy atom. The molecule has 8 heteroatoms. The maximum Gasteiger partial charge on any atom is 0.490 e. The summed E-state index contributed by atoms with van der Waals surface area (Å²) in [5.41, 5.74) is 6.01. The topological polar surface area (TPSA) is 83.6 Å². The van der Waals surface area contributed by atoms with Crippen LogP contribution in [0.1, 0.15) is 12.8 Å². The molecule has 3 N–H and O–H groups in total. The Kier molecular flexibility index (Phi) is 4.24. The third-order valence-corrected chi connectivity index (χ3v) is 3.43. The number of likely N-dealkylation sites (tertiary alicyclic amines) is 1. The lowest BCUT2D eigenvalue weighted by Crippen LogP contribution is -2.54. The fourth-order valence-corrected chi connectivity index (χ4v) is 2.18. The highest BCUT2D eigenvalue weighted by molar-refractivity contribution is 5.87. The van der Waals surface area contributed by atoms with Gasteiger partial charge in [0.15, 0.2) is 0 Å². The fraction of sp³-hybridized carbons (Fsp3) is 0.636. The standard InChI is InChI=1S/C9H14N2O.C2HF3O2/c1-2-8(12)11-5-7-3-4-9(7,10)6-11;3-2(4,5)1(6)7/h2,7H,1,3-6,10H2;(H,6,7). The Bertz CT molecular complexity index is 397. The predicted molar refractivity (Wildman–Crippen MR) is 60.1 cm³/mol. The highest BCUT2D eigenvalue weighted by Gasteiger charge is 2.50. The van der Waals surface area contributed by atoms with Gasteiger partial charge >= 0.3 is 12.1 Å². The maximum absolute atomic E-state index is 11.2. The highest BCUT2D eigenvalue weighted by Crippen LogP contribution is 2.42. The minimum Gasteiger partial charge on any atom is -0.475 e. The summed E-state index contributed by atoms with van der Waals surface area (Å²) in [7, 11) is 0. The van der Waals surface area contributed by atoms with Gasteiger partial charge in [-0.2, -0.15) is 13.2 Å². The maximum atomic E-state index is 11.2. The van der Waals surface area contributed by atoms with Crippen molar-refractivity contribution in [3.05, 3.63) is 12.7 Å². The molecule has 0 aromatic rings. The van der Waals surface area contributed by atoms with Gasteiger partial charge in [0.1, 0.15) is 0 Å². The number of carboxylic acids is 1. The Morgan fingerprint density at radius 1 is 1.47 bits per heavy atom. The molecule has 2 rings (SSSR count). The monoisotopic (exact) mass is 280 g/mol. The highest BCUT2D eigenvalue weighted by atomic mass is 19.4. The lowest BCUT2D eigenvalue weighted by molar-refractivity contribution is -0.192. The summed E-state index contributed by atoms with van der Waals surface area (Å²) in [6.07, 6.45) is -1.47. The second-order valence-corrected chi connectivity index (χ2v) is 4.69. The molecule has 1 saturated heterocycles. The summed E-state index contributed by atoms with van der Waals surface area (Å²) in [6.45, 7) is 5.03. The van der Waals surface area contributed by atoms with E-state index in [9.17, 15) is 18.0 Å². The summed E-state index contributed by atoms with van der Waals surface area (Å²) < 4.78 is 31.7. The molecule has 0 radical (unpaired) electrons. The third kappa shape index (κ3) is 3.46. The van der Waals surface area contributed by atoms with Crippen LogP contribution in [0.15, 0.2) is 12.7 Å². The Balaban J connectivity index is 0.000000224. The van der Waals surface area contributed by atoms with Crippen molar-refractivity contribution in [3.8, 4) is 0 Å². The molecule has 1 aliphatic carbocycles. The zero-order valence-corrected chi connectivity index (χ0v) is 10.1. The van der Waals surface area contributed by atoms with Crippen LogP contribution < -0.4 is 5.73 Å². The Labute approximate surface area is 107 Å². The predicted octanol–water partition coefficient (Wildman–Crippen LogP) is 0.755. The van der Waals surface area contributed by atoms with Crippen molar-refractivity contribution >= 4 is 11.9 Å². The molecular weight excluding hydrogens is 265 g/mol. The van der Waals surface area contributed by atoms with Crippen LogP contribution in [0.4, 0.5) is 13.2 Å². The van der Waals surface area contributed by atoms with E-state index in [2.05, 4.69) is 6.58 Å². The van der Waals surface area contributed by atoms with Gasteiger partial charge in [-0.1, -0.05) is 6.58 Å². The quantitative estimate of drug-likeness (QED) is 0.694. The van der Waals surface area contributed by atoms with E-state index in [4.69, 9.17) is 15.6 Å². The van der Waals surface area contributed by atoms with E-state index in [-0.39, 0.29) is 11.4 Å². The number of nitrogens with zero attached hydrogens (tertiary/aromatic N) is 1. The van der Waals surface area contributed by atoms with Crippen LogP contribution in [0, 0.1) is 5.92 Å². The molecule has 1 heterocycles. The molecule has 1 aliphatic heterocycles.